The molecule has 1 aromatic carbocycles. The molecule has 0 unspecified atom stereocenters. The van der Waals surface area contributed by atoms with Gasteiger partial charge in [0.15, 0.2) is 0 Å². The number of alkyl halides is 2. The lowest BCUT2D eigenvalue weighted by Gasteiger charge is -2.05. The monoisotopic (exact) mass is 185 g/mol. The molecule has 0 aromatic heterocycles. The van der Waals surface area contributed by atoms with Gasteiger partial charge < -0.3 is 5.32 Å². The van der Waals surface area contributed by atoms with E-state index in [-0.39, 0.29) is 12.7 Å². The molecule has 13 heavy (non-hydrogen) atoms. The summed E-state index contributed by atoms with van der Waals surface area (Å²) in [6.45, 7) is 1.78. The summed E-state index contributed by atoms with van der Waals surface area (Å²) in [5, 5.41) is 2.14. The predicted octanol–water partition coefficient (Wildman–Crippen LogP) is 2.28. The van der Waals surface area contributed by atoms with Gasteiger partial charge in [0.05, 0.1) is 11.3 Å². The zero-order valence-electron chi connectivity index (χ0n) is 6.90. The van der Waals surface area contributed by atoms with Crippen LogP contribution in [0, 0.1) is 6.92 Å². The molecule has 1 heterocycles. The van der Waals surface area contributed by atoms with E-state index in [4.69, 9.17) is 0 Å². The van der Waals surface area contributed by atoms with Crippen LogP contribution in [0.25, 0.3) is 0 Å². The summed E-state index contributed by atoms with van der Waals surface area (Å²) in [6, 6.07) is 4.38. The number of nitrogens with one attached hydrogen (secondary N) is 1. The quantitative estimate of drug-likeness (QED) is 0.660. The highest BCUT2D eigenvalue weighted by Gasteiger charge is 2.48. The molecule has 2 rings (SSSR count). The van der Waals surface area contributed by atoms with E-state index in [2.05, 4.69) is 5.32 Å². The Kier molecular flexibility index (Phi) is 1.43. The predicted molar refractivity (Wildman–Crippen MR) is 45.8 cm³/mol. The first kappa shape index (κ1) is 8.16. The van der Waals surface area contributed by atoms with Gasteiger partial charge in [-0.15, -0.1) is 0 Å². The Bertz CT molecular complexity index is 392. The number of amides is 1. The highest BCUT2D eigenvalue weighted by Crippen LogP contribution is 2.40. The standard InChI is InChI=1S/C9H7F2NO.H2/c1-5-2-3-6-7(4-5)12-8(13)9(6,10)11;/h2-4H,1H3,(H,12,13);1H. The molecule has 0 aliphatic carbocycles. The van der Waals surface area contributed by atoms with Gasteiger partial charge in [-0.3, -0.25) is 4.79 Å². The molecule has 1 aliphatic heterocycles. The first-order valence-corrected chi connectivity index (χ1v) is 3.82. The maximum Gasteiger partial charge on any atom is 0.352 e. The Morgan fingerprint density at radius 2 is 2.15 bits per heavy atom. The molecule has 1 aliphatic rings. The molecule has 0 saturated carbocycles. The highest BCUT2D eigenvalue weighted by molar-refractivity contribution is 6.03. The van der Waals surface area contributed by atoms with E-state index in [0.29, 0.717) is 0 Å². The summed E-state index contributed by atoms with van der Waals surface area (Å²) in [6.07, 6.45) is 0. The zero-order valence-corrected chi connectivity index (χ0v) is 6.90. The molecule has 1 N–H and O–H groups in total. The van der Waals surface area contributed by atoms with E-state index < -0.39 is 11.8 Å². The summed E-state index contributed by atoms with van der Waals surface area (Å²) in [5.74, 6) is -4.61. The maximum atomic E-state index is 13.1. The Balaban J connectivity index is 0.000000980. The maximum absolute atomic E-state index is 13.1. The molecule has 4 heteroatoms. The third kappa shape index (κ3) is 1.02. The third-order valence-electron chi connectivity index (χ3n) is 2.05. The van der Waals surface area contributed by atoms with Crippen LogP contribution in [0.15, 0.2) is 18.2 Å². The van der Waals surface area contributed by atoms with Gasteiger partial charge >= 0.3 is 5.92 Å². The van der Waals surface area contributed by atoms with Crippen LogP contribution >= 0.6 is 0 Å². The van der Waals surface area contributed by atoms with Crippen LogP contribution in [0.2, 0.25) is 0 Å². The normalized spacial score (nSPS) is 18.2. The van der Waals surface area contributed by atoms with Gasteiger partial charge in [0, 0.05) is 1.43 Å². The van der Waals surface area contributed by atoms with Gasteiger partial charge in [0.1, 0.15) is 0 Å². The summed E-state index contributed by atoms with van der Waals surface area (Å²) in [4.78, 5) is 10.8. The van der Waals surface area contributed by atoms with Crippen LogP contribution in [-0.2, 0) is 10.7 Å². The molecule has 1 amide bonds. The van der Waals surface area contributed by atoms with Crippen LogP contribution < -0.4 is 5.32 Å². The molecular weight excluding hydrogens is 176 g/mol. The Morgan fingerprint density at radius 1 is 1.46 bits per heavy atom. The Labute approximate surface area is 75.0 Å². The van der Waals surface area contributed by atoms with Crippen molar-refractivity contribution in [1.29, 1.82) is 0 Å². The fourth-order valence-electron chi connectivity index (χ4n) is 1.36. The van der Waals surface area contributed by atoms with E-state index in [1.54, 1.807) is 13.0 Å². The minimum atomic E-state index is -3.37. The number of rotatable bonds is 0. The molecule has 0 fully saturated rings. The largest absolute Gasteiger partial charge is 0.352 e. The van der Waals surface area contributed by atoms with Crippen LogP contribution in [0.5, 0.6) is 0 Å². The molecule has 0 radical (unpaired) electrons. The lowest BCUT2D eigenvalue weighted by atomic mass is 10.1. The molecule has 2 nitrogen and oxygen atoms in total. The van der Waals surface area contributed by atoms with E-state index in [0.717, 1.165) is 5.56 Å². The minimum absolute atomic E-state index is 0. The average molecular weight is 185 g/mol. The Hall–Kier alpha value is -1.45. The van der Waals surface area contributed by atoms with E-state index in [9.17, 15) is 13.6 Å². The van der Waals surface area contributed by atoms with Crippen LogP contribution in [0.3, 0.4) is 0 Å². The minimum Gasteiger partial charge on any atom is -0.320 e. The summed E-state index contributed by atoms with van der Waals surface area (Å²) >= 11 is 0. The number of halogens is 2. The molecular formula is C9H9F2NO. The summed E-state index contributed by atoms with van der Waals surface area (Å²) in [5.41, 5.74) is 0.829. The lowest BCUT2D eigenvalue weighted by Crippen LogP contribution is -2.23. The number of carbonyl (C=O) groups is 1. The first-order valence-electron chi connectivity index (χ1n) is 3.82. The van der Waals surface area contributed by atoms with Gasteiger partial charge in [-0.2, -0.15) is 8.78 Å². The second kappa shape index (κ2) is 2.28. The number of anilines is 1. The smallest absolute Gasteiger partial charge is 0.320 e. The van der Waals surface area contributed by atoms with Gasteiger partial charge in [-0.05, 0) is 18.6 Å². The van der Waals surface area contributed by atoms with Crippen LogP contribution in [0.1, 0.15) is 12.6 Å². The Morgan fingerprint density at radius 3 is 2.85 bits per heavy atom. The van der Waals surface area contributed by atoms with Crippen LogP contribution in [0.4, 0.5) is 14.5 Å². The van der Waals surface area contributed by atoms with Gasteiger partial charge in [0.25, 0.3) is 5.91 Å². The molecule has 70 valence electrons. The highest BCUT2D eigenvalue weighted by atomic mass is 19.3. The molecule has 0 saturated heterocycles. The second-order valence-electron chi connectivity index (χ2n) is 3.08. The molecule has 1 aromatic rings. The number of fused-ring (bicyclic) bond motifs is 1. The number of benzene rings is 1. The summed E-state index contributed by atoms with van der Waals surface area (Å²) < 4.78 is 26.1. The van der Waals surface area contributed by atoms with Crippen molar-refractivity contribution in [2.45, 2.75) is 12.8 Å². The van der Waals surface area contributed by atoms with Gasteiger partial charge in [-0.1, -0.05) is 12.1 Å². The van der Waals surface area contributed by atoms with E-state index in [1.165, 1.54) is 12.1 Å². The molecule has 0 atom stereocenters. The van der Waals surface area contributed by atoms with Crippen molar-refractivity contribution in [2.24, 2.45) is 0 Å². The molecule has 0 spiro atoms. The SMILES string of the molecule is Cc1ccc2c(c1)NC(=O)C2(F)F.[HH]. The third-order valence-corrected chi connectivity index (χ3v) is 2.05. The van der Waals surface area contributed by atoms with Crippen LogP contribution in [-0.4, -0.2) is 5.91 Å². The fraction of sp³-hybridized carbons (Fsp3) is 0.222. The van der Waals surface area contributed by atoms with Gasteiger partial charge in [0.2, 0.25) is 0 Å². The lowest BCUT2D eigenvalue weighted by molar-refractivity contribution is -0.139. The van der Waals surface area contributed by atoms with Gasteiger partial charge in [-0.25, -0.2) is 0 Å². The van der Waals surface area contributed by atoms with Crippen molar-refractivity contribution in [2.75, 3.05) is 5.32 Å². The van der Waals surface area contributed by atoms with Crippen molar-refractivity contribution in [3.05, 3.63) is 29.3 Å². The van der Waals surface area contributed by atoms with Crippen molar-refractivity contribution < 1.29 is 15.0 Å². The first-order chi connectivity index (χ1) is 6.01. The topological polar surface area (TPSA) is 29.1 Å². The second-order valence-corrected chi connectivity index (χ2v) is 3.08. The van der Waals surface area contributed by atoms with E-state index in [1.807, 2.05) is 0 Å². The number of hydrogen-bond donors (Lipinski definition) is 1. The van der Waals surface area contributed by atoms with Crippen molar-refractivity contribution >= 4 is 11.6 Å². The average Bonchev–Trinajstić information content (AvgIpc) is 2.23. The number of carbonyl (C=O) groups excluding carboxylic acids is 1. The number of hydrogen-bond acceptors (Lipinski definition) is 1. The fourth-order valence-corrected chi connectivity index (χ4v) is 1.36. The van der Waals surface area contributed by atoms with Crippen molar-refractivity contribution in [3.8, 4) is 0 Å². The zero-order chi connectivity index (χ0) is 9.64. The molecule has 0 bridgehead atoms. The van der Waals surface area contributed by atoms with Crippen molar-refractivity contribution in [1.82, 2.24) is 0 Å². The van der Waals surface area contributed by atoms with Crippen molar-refractivity contribution in [3.63, 3.8) is 0 Å². The number of aryl methyl sites for hydroxylation is 1. The van der Waals surface area contributed by atoms with E-state index >= 15 is 0 Å². The summed E-state index contributed by atoms with van der Waals surface area (Å²) in [7, 11) is 0.